The highest BCUT2D eigenvalue weighted by Gasteiger charge is 2.15. The highest BCUT2D eigenvalue weighted by atomic mass is 35.5. The molecule has 1 aliphatic heterocycles. The summed E-state index contributed by atoms with van der Waals surface area (Å²) < 4.78 is 0. The Hall–Kier alpha value is -0.960. The van der Waals surface area contributed by atoms with Crippen molar-refractivity contribution in [3.05, 3.63) is 24.0 Å². The topological polar surface area (TPSA) is 46.3 Å². The maximum atomic E-state index is 10.2. The number of halogens is 1. The lowest BCUT2D eigenvalue weighted by atomic mass is 10.3. The fourth-order valence-corrected chi connectivity index (χ4v) is 0.853. The van der Waals surface area contributed by atoms with Gasteiger partial charge in [0.25, 0.3) is 0 Å². The summed E-state index contributed by atoms with van der Waals surface area (Å²) in [6.07, 6.45) is 5.54. The third kappa shape index (κ3) is 1.14. The Kier molecular flexibility index (Phi) is 1.97. The molecule has 1 amide bonds. The monoisotopic (exact) mass is 158 g/mol. The molecule has 10 heavy (non-hydrogen) atoms. The summed E-state index contributed by atoms with van der Waals surface area (Å²) >= 11 is 5.68. The molecule has 4 heteroatoms. The highest BCUT2D eigenvalue weighted by molar-refractivity contribution is 6.22. The summed E-state index contributed by atoms with van der Waals surface area (Å²) in [6.45, 7) is 0. The molecule has 0 aliphatic carbocycles. The van der Waals surface area contributed by atoms with E-state index in [9.17, 15) is 4.79 Å². The molecule has 0 saturated heterocycles. The quantitative estimate of drug-likeness (QED) is 0.341. The third-order valence-electron chi connectivity index (χ3n) is 1.21. The maximum Gasteiger partial charge on any atom is 0.215 e. The van der Waals surface area contributed by atoms with Gasteiger partial charge < -0.3 is 5.73 Å². The molecule has 1 unspecified atom stereocenters. The van der Waals surface area contributed by atoms with Crippen LogP contribution in [0.3, 0.4) is 0 Å². The van der Waals surface area contributed by atoms with Gasteiger partial charge in [-0.1, -0.05) is 11.6 Å². The first-order valence-electron chi connectivity index (χ1n) is 2.76. The predicted molar refractivity (Wildman–Crippen MR) is 39.0 cm³/mol. The van der Waals surface area contributed by atoms with Gasteiger partial charge in [0.2, 0.25) is 6.41 Å². The fourth-order valence-electron chi connectivity index (χ4n) is 0.669. The number of hydrogen-bond acceptors (Lipinski definition) is 2. The van der Waals surface area contributed by atoms with Crippen LogP contribution in [0.1, 0.15) is 0 Å². The third-order valence-corrected chi connectivity index (χ3v) is 1.68. The molecule has 0 aromatic heterocycles. The Labute approximate surface area is 63.7 Å². The molecular weight excluding hydrogens is 152 g/mol. The van der Waals surface area contributed by atoms with E-state index in [1.165, 1.54) is 4.90 Å². The van der Waals surface area contributed by atoms with Crippen molar-refractivity contribution in [1.82, 2.24) is 4.90 Å². The zero-order chi connectivity index (χ0) is 7.56. The van der Waals surface area contributed by atoms with Gasteiger partial charge in [-0.3, -0.25) is 9.69 Å². The van der Waals surface area contributed by atoms with Crippen molar-refractivity contribution in [3.8, 4) is 0 Å². The first-order chi connectivity index (χ1) is 4.75. The second-order valence-electron chi connectivity index (χ2n) is 1.90. The smallest absolute Gasteiger partial charge is 0.215 e. The molecule has 0 spiro atoms. The first kappa shape index (κ1) is 7.15. The maximum absolute atomic E-state index is 10.2. The van der Waals surface area contributed by atoms with Gasteiger partial charge in [0.05, 0.1) is 0 Å². The molecule has 1 heterocycles. The van der Waals surface area contributed by atoms with E-state index in [1.54, 1.807) is 18.4 Å². The van der Waals surface area contributed by atoms with E-state index in [1.807, 2.05) is 0 Å². The molecule has 0 fully saturated rings. The number of nitrogens with zero attached hydrogens (tertiary/aromatic N) is 1. The van der Waals surface area contributed by atoms with Gasteiger partial charge in [-0.05, 0) is 12.2 Å². The summed E-state index contributed by atoms with van der Waals surface area (Å²) in [5.41, 5.74) is 5.38. The van der Waals surface area contributed by atoms with Crippen molar-refractivity contribution >= 4 is 18.0 Å². The van der Waals surface area contributed by atoms with Crippen molar-refractivity contribution in [2.75, 3.05) is 0 Å². The van der Waals surface area contributed by atoms with Gasteiger partial charge in [-0.2, -0.15) is 0 Å². The average Bonchev–Trinajstić information content (AvgIpc) is 1.95. The zero-order valence-electron chi connectivity index (χ0n) is 5.20. The molecule has 1 rings (SSSR count). The number of carbonyl (C=O) groups excluding carboxylic acids is 1. The van der Waals surface area contributed by atoms with Crippen LogP contribution in [0.5, 0.6) is 0 Å². The van der Waals surface area contributed by atoms with Gasteiger partial charge >= 0.3 is 0 Å². The molecule has 1 atom stereocenters. The summed E-state index contributed by atoms with van der Waals surface area (Å²) in [6, 6.07) is 0. The van der Waals surface area contributed by atoms with Crippen molar-refractivity contribution in [2.24, 2.45) is 5.73 Å². The predicted octanol–water partition coefficient (Wildman–Crippen LogP) is 0.380. The number of allylic oxidation sites excluding steroid dienone is 2. The van der Waals surface area contributed by atoms with Crippen LogP contribution in [-0.4, -0.2) is 16.8 Å². The Morgan fingerprint density at radius 3 is 3.00 bits per heavy atom. The second kappa shape index (κ2) is 2.75. The minimum absolute atomic E-state index is 0.483. The Balaban J connectivity index is 2.77. The number of hydrogen-bond donors (Lipinski definition) is 1. The van der Waals surface area contributed by atoms with E-state index in [4.69, 9.17) is 17.3 Å². The highest BCUT2D eigenvalue weighted by Crippen LogP contribution is 2.13. The number of alkyl halides is 1. The minimum Gasteiger partial charge on any atom is -0.399 e. The van der Waals surface area contributed by atoms with Crippen LogP contribution in [0.2, 0.25) is 0 Å². The van der Waals surface area contributed by atoms with Crippen LogP contribution in [0.4, 0.5) is 0 Å². The summed E-state index contributed by atoms with van der Waals surface area (Å²) in [4.78, 5) is 11.5. The van der Waals surface area contributed by atoms with E-state index >= 15 is 0 Å². The molecule has 0 radical (unpaired) electrons. The van der Waals surface area contributed by atoms with E-state index in [-0.39, 0.29) is 0 Å². The average molecular weight is 159 g/mol. The van der Waals surface area contributed by atoms with Gasteiger partial charge in [0.1, 0.15) is 5.50 Å². The number of nitrogens with two attached hydrogens (primary N) is 1. The largest absolute Gasteiger partial charge is 0.399 e. The van der Waals surface area contributed by atoms with E-state index in [2.05, 4.69) is 0 Å². The lowest BCUT2D eigenvalue weighted by Gasteiger charge is -2.21. The second-order valence-corrected chi connectivity index (χ2v) is 2.31. The fraction of sp³-hybridized carbons (Fsp3) is 0.167. The standard InChI is InChI=1S/C6H7ClN2O/c7-6-5(8)2-1-3-9(6)4-10/h1-4,6H,8H2. The number of rotatable bonds is 1. The molecule has 0 bridgehead atoms. The van der Waals surface area contributed by atoms with Gasteiger partial charge in [0, 0.05) is 11.9 Å². The molecule has 54 valence electrons. The molecule has 1 aliphatic rings. The SMILES string of the molecule is NC1=CC=CN(C=O)C1Cl. The van der Waals surface area contributed by atoms with Crippen molar-refractivity contribution in [2.45, 2.75) is 5.50 Å². The van der Waals surface area contributed by atoms with Crippen LogP contribution < -0.4 is 5.73 Å². The van der Waals surface area contributed by atoms with Crippen LogP contribution in [0.25, 0.3) is 0 Å². The molecular formula is C6H7ClN2O. The molecule has 2 N–H and O–H groups in total. The van der Waals surface area contributed by atoms with Crippen LogP contribution >= 0.6 is 11.6 Å². The van der Waals surface area contributed by atoms with Gasteiger partial charge in [0.15, 0.2) is 0 Å². The number of amides is 1. The van der Waals surface area contributed by atoms with Crippen molar-refractivity contribution < 1.29 is 4.79 Å². The van der Waals surface area contributed by atoms with Crippen molar-refractivity contribution in [1.29, 1.82) is 0 Å². The molecule has 0 saturated carbocycles. The van der Waals surface area contributed by atoms with Gasteiger partial charge in [-0.25, -0.2) is 0 Å². The van der Waals surface area contributed by atoms with Gasteiger partial charge in [-0.15, -0.1) is 0 Å². The normalized spacial score (nSPS) is 24.3. The zero-order valence-corrected chi connectivity index (χ0v) is 5.95. The number of carbonyl (C=O) groups is 1. The Morgan fingerprint density at radius 2 is 2.50 bits per heavy atom. The van der Waals surface area contributed by atoms with E-state index in [0.717, 1.165) is 0 Å². The van der Waals surface area contributed by atoms with E-state index < -0.39 is 5.50 Å². The summed E-state index contributed by atoms with van der Waals surface area (Å²) in [5, 5.41) is 0. The summed E-state index contributed by atoms with van der Waals surface area (Å²) in [5.74, 6) is 0. The summed E-state index contributed by atoms with van der Waals surface area (Å²) in [7, 11) is 0. The molecule has 0 aromatic carbocycles. The van der Waals surface area contributed by atoms with Crippen LogP contribution in [0, 0.1) is 0 Å². The van der Waals surface area contributed by atoms with Crippen LogP contribution in [0.15, 0.2) is 24.0 Å². The Morgan fingerprint density at radius 1 is 1.80 bits per heavy atom. The molecule has 0 aromatic rings. The van der Waals surface area contributed by atoms with E-state index in [0.29, 0.717) is 12.1 Å². The first-order valence-corrected chi connectivity index (χ1v) is 3.20. The van der Waals surface area contributed by atoms with Crippen LogP contribution in [-0.2, 0) is 4.79 Å². The Bertz CT molecular complexity index is 200. The lowest BCUT2D eigenvalue weighted by molar-refractivity contribution is -0.116. The lowest BCUT2D eigenvalue weighted by Crippen LogP contribution is -2.31. The van der Waals surface area contributed by atoms with Crippen molar-refractivity contribution in [3.63, 3.8) is 0 Å². The minimum atomic E-state index is -0.525. The molecule has 3 nitrogen and oxygen atoms in total.